The van der Waals surface area contributed by atoms with Crippen LogP contribution in [0.4, 0.5) is 0 Å². The number of carbonyl (C=O) groups is 1. The van der Waals surface area contributed by atoms with E-state index in [1.54, 1.807) is 7.11 Å². The van der Waals surface area contributed by atoms with E-state index in [1.165, 1.54) is 7.11 Å². The lowest BCUT2D eigenvalue weighted by Gasteiger charge is -2.11. The molecule has 3 nitrogen and oxygen atoms in total. The maximum Gasteiger partial charge on any atom is 0.153 e. The largest absolute Gasteiger partial charge is 0.496 e. The Bertz CT molecular complexity index is 320. The second-order valence-electron chi connectivity index (χ2n) is 3.02. The highest BCUT2D eigenvalue weighted by Gasteiger charge is 2.10. The normalized spacial score (nSPS) is 12.2. The van der Waals surface area contributed by atoms with Crippen molar-refractivity contribution in [1.29, 1.82) is 0 Å². The molecule has 1 rings (SSSR count). The van der Waals surface area contributed by atoms with Crippen LogP contribution in [-0.4, -0.2) is 20.5 Å². The van der Waals surface area contributed by atoms with E-state index in [9.17, 15) is 4.79 Å². The Morgan fingerprint density at radius 3 is 2.57 bits per heavy atom. The van der Waals surface area contributed by atoms with Crippen LogP contribution in [-0.2, 0) is 9.53 Å². The zero-order chi connectivity index (χ0) is 10.6. The second kappa shape index (κ2) is 4.77. The van der Waals surface area contributed by atoms with Gasteiger partial charge >= 0.3 is 0 Å². The van der Waals surface area contributed by atoms with Crippen molar-refractivity contribution >= 4 is 6.29 Å². The van der Waals surface area contributed by atoms with Gasteiger partial charge in [-0.2, -0.15) is 0 Å². The molecule has 0 saturated carbocycles. The fourth-order valence-corrected chi connectivity index (χ4v) is 1.28. The summed E-state index contributed by atoms with van der Waals surface area (Å²) in [5, 5.41) is 0. The fourth-order valence-electron chi connectivity index (χ4n) is 1.28. The summed E-state index contributed by atoms with van der Waals surface area (Å²) >= 11 is 0. The van der Waals surface area contributed by atoms with Crippen molar-refractivity contribution in [3.8, 4) is 5.75 Å². The van der Waals surface area contributed by atoms with Gasteiger partial charge in [-0.3, -0.25) is 0 Å². The van der Waals surface area contributed by atoms with Gasteiger partial charge in [0.2, 0.25) is 0 Å². The molecule has 3 heteroatoms. The molecule has 1 aromatic rings. The number of methoxy groups -OCH3 is 2. The number of aryl methyl sites for hydroxylation is 1. The van der Waals surface area contributed by atoms with Gasteiger partial charge in [0.15, 0.2) is 6.29 Å². The second-order valence-corrected chi connectivity index (χ2v) is 3.02. The first-order valence-corrected chi connectivity index (χ1v) is 4.35. The third kappa shape index (κ3) is 2.12. The smallest absolute Gasteiger partial charge is 0.153 e. The van der Waals surface area contributed by atoms with Crippen LogP contribution in [0, 0.1) is 6.92 Å². The third-order valence-electron chi connectivity index (χ3n) is 2.14. The lowest BCUT2D eigenvalue weighted by Crippen LogP contribution is -2.03. The van der Waals surface area contributed by atoms with Gasteiger partial charge in [-0.15, -0.1) is 0 Å². The summed E-state index contributed by atoms with van der Waals surface area (Å²) in [7, 11) is 3.11. The first kappa shape index (κ1) is 10.7. The van der Waals surface area contributed by atoms with Gasteiger partial charge in [-0.1, -0.05) is 12.1 Å². The van der Waals surface area contributed by atoms with Crippen LogP contribution in [0.2, 0.25) is 0 Å². The summed E-state index contributed by atoms with van der Waals surface area (Å²) in [6.45, 7) is 1.95. The van der Waals surface area contributed by atoms with Crippen molar-refractivity contribution in [3.63, 3.8) is 0 Å². The van der Waals surface area contributed by atoms with E-state index in [-0.39, 0.29) is 0 Å². The van der Waals surface area contributed by atoms with Crippen LogP contribution < -0.4 is 4.74 Å². The molecule has 0 bridgehead atoms. The molecule has 14 heavy (non-hydrogen) atoms. The number of carbonyl (C=O) groups excluding carboxylic acids is 1. The van der Waals surface area contributed by atoms with Gasteiger partial charge in [-0.25, -0.2) is 0 Å². The molecule has 1 aromatic carbocycles. The molecule has 76 valence electrons. The molecule has 0 saturated heterocycles. The summed E-state index contributed by atoms with van der Waals surface area (Å²) in [5.74, 6) is 0.770. The Balaban J connectivity index is 3.04. The molecule has 0 aromatic heterocycles. The first-order valence-electron chi connectivity index (χ1n) is 4.35. The minimum atomic E-state index is -0.510. The SMILES string of the molecule is COc1cc(C(C=O)OC)ccc1C. The predicted octanol–water partition coefficient (Wildman–Crippen LogP) is 1.89. The van der Waals surface area contributed by atoms with Crippen molar-refractivity contribution in [1.82, 2.24) is 0 Å². The highest BCUT2D eigenvalue weighted by Crippen LogP contribution is 2.23. The molecule has 0 aliphatic rings. The van der Waals surface area contributed by atoms with E-state index in [0.29, 0.717) is 0 Å². The van der Waals surface area contributed by atoms with E-state index in [1.807, 2.05) is 25.1 Å². The summed E-state index contributed by atoms with van der Waals surface area (Å²) < 4.78 is 10.2. The van der Waals surface area contributed by atoms with Crippen LogP contribution in [0.3, 0.4) is 0 Å². The highest BCUT2D eigenvalue weighted by atomic mass is 16.5. The van der Waals surface area contributed by atoms with Crippen LogP contribution in [0.5, 0.6) is 5.75 Å². The van der Waals surface area contributed by atoms with E-state index in [4.69, 9.17) is 9.47 Å². The molecule has 0 amide bonds. The van der Waals surface area contributed by atoms with Crippen molar-refractivity contribution in [2.24, 2.45) is 0 Å². The number of hydrogen-bond donors (Lipinski definition) is 0. The summed E-state index contributed by atoms with van der Waals surface area (Å²) in [4.78, 5) is 10.7. The first-order chi connectivity index (χ1) is 6.72. The summed E-state index contributed by atoms with van der Waals surface area (Å²) in [6, 6.07) is 5.59. The minimum Gasteiger partial charge on any atom is -0.496 e. The molecule has 1 unspecified atom stereocenters. The molecule has 0 heterocycles. The van der Waals surface area contributed by atoms with Gasteiger partial charge in [0.25, 0.3) is 0 Å². The number of rotatable bonds is 4. The van der Waals surface area contributed by atoms with Crippen LogP contribution >= 0.6 is 0 Å². The Morgan fingerprint density at radius 2 is 2.07 bits per heavy atom. The molecule has 0 spiro atoms. The number of ether oxygens (including phenoxy) is 2. The molecule has 1 atom stereocenters. The van der Waals surface area contributed by atoms with Crippen LogP contribution in [0.25, 0.3) is 0 Å². The molecule has 0 fully saturated rings. The zero-order valence-electron chi connectivity index (χ0n) is 8.61. The van der Waals surface area contributed by atoms with Crippen molar-refractivity contribution in [3.05, 3.63) is 29.3 Å². The van der Waals surface area contributed by atoms with Gasteiger partial charge in [-0.05, 0) is 24.1 Å². The molecular weight excluding hydrogens is 180 g/mol. The number of hydrogen-bond acceptors (Lipinski definition) is 3. The predicted molar refractivity (Wildman–Crippen MR) is 53.5 cm³/mol. The molecule has 0 aliphatic carbocycles. The third-order valence-corrected chi connectivity index (χ3v) is 2.14. The lowest BCUT2D eigenvalue weighted by atomic mass is 10.1. The summed E-state index contributed by atoms with van der Waals surface area (Å²) in [6.07, 6.45) is 0.258. The van der Waals surface area contributed by atoms with E-state index < -0.39 is 6.10 Å². The molecular formula is C11H14O3. The monoisotopic (exact) mass is 194 g/mol. The van der Waals surface area contributed by atoms with Gasteiger partial charge in [0, 0.05) is 7.11 Å². The van der Waals surface area contributed by atoms with Gasteiger partial charge in [0.05, 0.1) is 7.11 Å². The van der Waals surface area contributed by atoms with E-state index in [2.05, 4.69) is 0 Å². The van der Waals surface area contributed by atoms with Gasteiger partial charge in [0.1, 0.15) is 11.9 Å². The highest BCUT2D eigenvalue weighted by molar-refractivity contribution is 5.60. The quantitative estimate of drug-likeness (QED) is 0.686. The molecule has 0 radical (unpaired) electrons. The van der Waals surface area contributed by atoms with E-state index >= 15 is 0 Å². The average molecular weight is 194 g/mol. The zero-order valence-corrected chi connectivity index (χ0v) is 8.61. The molecule has 0 N–H and O–H groups in total. The summed E-state index contributed by atoms with van der Waals surface area (Å²) in [5.41, 5.74) is 1.85. The number of aldehydes is 1. The Morgan fingerprint density at radius 1 is 1.36 bits per heavy atom. The Kier molecular flexibility index (Phi) is 3.65. The van der Waals surface area contributed by atoms with E-state index in [0.717, 1.165) is 23.2 Å². The maximum atomic E-state index is 10.7. The van der Waals surface area contributed by atoms with Crippen molar-refractivity contribution in [2.45, 2.75) is 13.0 Å². The fraction of sp³-hybridized carbons (Fsp3) is 0.364. The molecule has 0 aliphatic heterocycles. The van der Waals surface area contributed by atoms with Crippen molar-refractivity contribution < 1.29 is 14.3 Å². The standard InChI is InChI=1S/C11H14O3/c1-8-4-5-9(6-10(8)13-2)11(7-12)14-3/h4-7,11H,1-3H3. The van der Waals surface area contributed by atoms with Crippen molar-refractivity contribution in [2.75, 3.05) is 14.2 Å². The maximum absolute atomic E-state index is 10.7. The van der Waals surface area contributed by atoms with Crippen LogP contribution in [0.15, 0.2) is 18.2 Å². The number of benzene rings is 1. The Labute approximate surface area is 83.6 Å². The Hall–Kier alpha value is -1.35. The van der Waals surface area contributed by atoms with Gasteiger partial charge < -0.3 is 14.3 Å². The average Bonchev–Trinajstić information content (AvgIpc) is 2.22. The minimum absolute atomic E-state index is 0.510. The lowest BCUT2D eigenvalue weighted by molar-refractivity contribution is -0.116. The van der Waals surface area contributed by atoms with Crippen LogP contribution in [0.1, 0.15) is 17.2 Å². The topological polar surface area (TPSA) is 35.5 Å².